The number of benzene rings is 2. The van der Waals surface area contributed by atoms with Gasteiger partial charge in [0.1, 0.15) is 12.4 Å². The minimum Gasteiger partial charge on any atom is -0.469 e. The molecule has 0 aliphatic carbocycles. The van der Waals surface area contributed by atoms with Crippen LogP contribution < -0.4 is 10.5 Å². The number of anilines is 1. The molecule has 0 aliphatic rings. The Morgan fingerprint density at radius 3 is 2.38 bits per heavy atom. The summed E-state index contributed by atoms with van der Waals surface area (Å²) in [7, 11) is 0. The van der Waals surface area contributed by atoms with Gasteiger partial charge in [-0.3, -0.25) is 4.57 Å². The highest BCUT2D eigenvalue weighted by Gasteiger charge is 2.30. The molecule has 0 radical (unpaired) electrons. The van der Waals surface area contributed by atoms with Gasteiger partial charge in [0.05, 0.1) is 27.6 Å². The summed E-state index contributed by atoms with van der Waals surface area (Å²) in [5.41, 5.74) is 8.35. The maximum absolute atomic E-state index is 13.6. The number of pyridine rings is 1. The van der Waals surface area contributed by atoms with Gasteiger partial charge in [0, 0.05) is 23.4 Å². The van der Waals surface area contributed by atoms with Gasteiger partial charge in [0.25, 0.3) is 0 Å². The smallest absolute Gasteiger partial charge is 0.213 e. The van der Waals surface area contributed by atoms with E-state index >= 15 is 0 Å². The summed E-state index contributed by atoms with van der Waals surface area (Å²) in [6, 6.07) is 15.2. The Balaban J connectivity index is 1.77. The minimum atomic E-state index is -0.493. The second-order valence-electron chi connectivity index (χ2n) is 7.84. The molecule has 2 aromatic carbocycles. The van der Waals surface area contributed by atoms with Crippen molar-refractivity contribution in [1.29, 1.82) is 0 Å². The fraction of sp³-hybridized carbons (Fsp3) is 0.167. The van der Waals surface area contributed by atoms with Gasteiger partial charge in [-0.05, 0) is 48.0 Å². The third-order valence-corrected chi connectivity index (χ3v) is 6.05. The number of nitrogen functional groups attached to an aromatic ring is 1. The predicted molar refractivity (Wildman–Crippen MR) is 125 cm³/mol. The fourth-order valence-electron chi connectivity index (χ4n) is 3.46. The van der Waals surface area contributed by atoms with Crippen molar-refractivity contribution in [3.63, 3.8) is 0 Å². The molecule has 0 amide bonds. The van der Waals surface area contributed by atoms with Crippen LogP contribution in [0.5, 0.6) is 5.88 Å². The van der Waals surface area contributed by atoms with Crippen molar-refractivity contribution in [3.05, 3.63) is 99.9 Å². The number of aromatic nitrogens is 3. The Kier molecular flexibility index (Phi) is 6.09. The third-order valence-electron chi connectivity index (χ3n) is 5.31. The van der Waals surface area contributed by atoms with Crippen molar-refractivity contribution >= 4 is 28.9 Å². The maximum Gasteiger partial charge on any atom is 0.213 e. The maximum atomic E-state index is 13.6. The molecule has 4 rings (SSSR count). The molecule has 0 fully saturated rings. The van der Waals surface area contributed by atoms with Crippen molar-refractivity contribution in [2.24, 2.45) is 0 Å². The number of rotatable bonds is 6. The van der Waals surface area contributed by atoms with Gasteiger partial charge in [-0.2, -0.15) is 0 Å². The van der Waals surface area contributed by atoms with Gasteiger partial charge in [0.15, 0.2) is 5.82 Å². The largest absolute Gasteiger partial charge is 0.469 e. The predicted octanol–water partition coefficient (Wildman–Crippen LogP) is 6.20. The number of hydrogen-bond donors (Lipinski definition) is 1. The molecule has 8 heteroatoms. The van der Waals surface area contributed by atoms with E-state index in [9.17, 15) is 4.39 Å². The first-order valence-electron chi connectivity index (χ1n) is 9.88. The van der Waals surface area contributed by atoms with Gasteiger partial charge in [-0.15, -0.1) is 0 Å². The van der Waals surface area contributed by atoms with Crippen molar-refractivity contribution in [2.75, 3.05) is 5.73 Å². The Morgan fingerprint density at radius 1 is 0.969 bits per heavy atom. The van der Waals surface area contributed by atoms with Crippen LogP contribution in [0.4, 0.5) is 10.1 Å². The molecule has 2 heterocycles. The molecule has 0 aliphatic heterocycles. The molecule has 5 nitrogen and oxygen atoms in total. The molecule has 0 saturated carbocycles. The molecule has 0 spiro atoms. The topological polar surface area (TPSA) is 66.0 Å². The first-order chi connectivity index (χ1) is 15.3. The average Bonchev–Trinajstić information content (AvgIpc) is 3.20. The Morgan fingerprint density at radius 2 is 1.72 bits per heavy atom. The third kappa shape index (κ3) is 4.42. The number of nitrogens with two attached hydrogens (primary N) is 1. The van der Waals surface area contributed by atoms with Crippen molar-refractivity contribution in [2.45, 2.75) is 25.9 Å². The summed E-state index contributed by atoms with van der Waals surface area (Å²) < 4.78 is 21.4. The standard InChI is InChI=1S/C24H21Cl2FN4O/c1-24(2,15-3-9-19(25)20(26)11-15)21-13-29-22(14-32-23-10-6-17(28)12-30-23)31(21)18-7-4-16(27)5-8-18/h3-13H,14,28H2,1-2H3. The van der Waals surface area contributed by atoms with E-state index in [0.29, 0.717) is 27.4 Å². The number of nitrogens with zero attached hydrogens (tertiary/aromatic N) is 3. The summed E-state index contributed by atoms with van der Waals surface area (Å²) in [6.45, 7) is 4.29. The Hall–Kier alpha value is -3.09. The van der Waals surface area contributed by atoms with Crippen LogP contribution >= 0.6 is 23.2 Å². The van der Waals surface area contributed by atoms with Crippen LogP contribution in [0.3, 0.4) is 0 Å². The summed E-state index contributed by atoms with van der Waals surface area (Å²) in [5.74, 6) is 0.750. The van der Waals surface area contributed by atoms with Gasteiger partial charge in [-0.25, -0.2) is 14.4 Å². The summed E-state index contributed by atoms with van der Waals surface area (Å²) in [4.78, 5) is 8.78. The van der Waals surface area contributed by atoms with Crippen LogP contribution in [0, 0.1) is 5.82 Å². The van der Waals surface area contributed by atoms with Crippen LogP contribution in [0.15, 0.2) is 67.0 Å². The van der Waals surface area contributed by atoms with Crippen LogP contribution in [0.1, 0.15) is 30.9 Å². The number of hydrogen-bond acceptors (Lipinski definition) is 4. The Labute approximate surface area is 195 Å². The lowest BCUT2D eigenvalue weighted by Crippen LogP contribution is -2.24. The molecule has 0 atom stereocenters. The summed E-state index contributed by atoms with van der Waals surface area (Å²) in [5, 5.41) is 0.964. The van der Waals surface area contributed by atoms with Crippen molar-refractivity contribution in [3.8, 4) is 11.6 Å². The molecule has 2 N–H and O–H groups in total. The lowest BCUT2D eigenvalue weighted by Gasteiger charge is -2.28. The lowest BCUT2D eigenvalue weighted by atomic mass is 9.81. The lowest BCUT2D eigenvalue weighted by molar-refractivity contribution is 0.282. The van der Waals surface area contributed by atoms with E-state index in [1.54, 1.807) is 36.5 Å². The van der Waals surface area contributed by atoms with Gasteiger partial charge >= 0.3 is 0 Å². The highest BCUT2D eigenvalue weighted by molar-refractivity contribution is 6.42. The van der Waals surface area contributed by atoms with E-state index in [2.05, 4.69) is 23.8 Å². The number of ether oxygens (including phenoxy) is 1. The normalized spacial score (nSPS) is 11.5. The van der Waals surface area contributed by atoms with Crippen LogP contribution in [-0.2, 0) is 12.0 Å². The molecule has 0 saturated heterocycles. The summed E-state index contributed by atoms with van der Waals surface area (Å²) >= 11 is 12.4. The zero-order chi connectivity index (χ0) is 22.9. The highest BCUT2D eigenvalue weighted by atomic mass is 35.5. The molecular weight excluding hydrogens is 450 g/mol. The molecule has 164 valence electrons. The first kappa shape index (κ1) is 22.1. The second kappa shape index (κ2) is 8.81. The molecule has 2 aromatic heterocycles. The van der Waals surface area contributed by atoms with Crippen LogP contribution in [-0.4, -0.2) is 14.5 Å². The number of imidazole rings is 1. The van der Waals surface area contributed by atoms with Gasteiger partial charge < -0.3 is 10.5 Å². The fourth-order valence-corrected chi connectivity index (χ4v) is 3.76. The molecule has 4 aromatic rings. The van der Waals surface area contributed by atoms with E-state index < -0.39 is 5.41 Å². The summed E-state index contributed by atoms with van der Waals surface area (Å²) in [6.07, 6.45) is 3.32. The van der Waals surface area contributed by atoms with Crippen LogP contribution in [0.2, 0.25) is 10.0 Å². The zero-order valence-electron chi connectivity index (χ0n) is 17.5. The van der Waals surface area contributed by atoms with E-state index in [0.717, 1.165) is 16.9 Å². The SMILES string of the molecule is CC(C)(c1ccc(Cl)c(Cl)c1)c1cnc(COc2ccc(N)cn2)n1-c1ccc(F)cc1. The van der Waals surface area contributed by atoms with E-state index in [1.807, 2.05) is 16.7 Å². The van der Waals surface area contributed by atoms with Crippen LogP contribution in [0.25, 0.3) is 5.69 Å². The number of halogens is 3. The van der Waals surface area contributed by atoms with Gasteiger partial charge in [0.2, 0.25) is 5.88 Å². The first-order valence-corrected chi connectivity index (χ1v) is 10.6. The Bertz CT molecular complexity index is 1240. The average molecular weight is 471 g/mol. The van der Waals surface area contributed by atoms with E-state index in [-0.39, 0.29) is 12.4 Å². The van der Waals surface area contributed by atoms with E-state index in [1.165, 1.54) is 18.3 Å². The quantitative estimate of drug-likeness (QED) is 0.364. The molecule has 32 heavy (non-hydrogen) atoms. The minimum absolute atomic E-state index is 0.158. The van der Waals surface area contributed by atoms with Crippen molar-refractivity contribution in [1.82, 2.24) is 14.5 Å². The zero-order valence-corrected chi connectivity index (χ0v) is 19.0. The molecule has 0 bridgehead atoms. The van der Waals surface area contributed by atoms with E-state index in [4.69, 9.17) is 33.7 Å². The highest BCUT2D eigenvalue weighted by Crippen LogP contribution is 2.36. The monoisotopic (exact) mass is 470 g/mol. The molecule has 0 unspecified atom stereocenters. The molecular formula is C24H21Cl2FN4O. The van der Waals surface area contributed by atoms with Crippen molar-refractivity contribution < 1.29 is 9.13 Å². The van der Waals surface area contributed by atoms with Gasteiger partial charge in [-0.1, -0.05) is 43.1 Å². The second-order valence-corrected chi connectivity index (χ2v) is 8.66.